The predicted octanol–water partition coefficient (Wildman–Crippen LogP) is 2.43. The summed E-state index contributed by atoms with van der Waals surface area (Å²) in [6, 6.07) is 7.75. The van der Waals surface area contributed by atoms with Crippen molar-refractivity contribution in [1.82, 2.24) is 5.48 Å². The van der Waals surface area contributed by atoms with E-state index in [4.69, 9.17) is 5.21 Å². The number of hydrogen-bond donors (Lipinski definition) is 3. The Morgan fingerprint density at radius 2 is 1.82 bits per heavy atom. The summed E-state index contributed by atoms with van der Waals surface area (Å²) in [6.07, 6.45) is 4.08. The number of nitrogens with one attached hydrogen (secondary N) is 1. The average Bonchev–Trinajstić information content (AvgIpc) is 2.51. The van der Waals surface area contributed by atoms with Gasteiger partial charge in [-0.15, -0.1) is 0 Å². The maximum atomic E-state index is 10.9. The van der Waals surface area contributed by atoms with E-state index in [1.165, 1.54) is 11.6 Å². The van der Waals surface area contributed by atoms with E-state index < -0.39 is 12.0 Å². The highest BCUT2D eigenvalue weighted by Gasteiger charge is 2.14. The SMILES string of the molecule is CC(/C=C/C(=O)NO)=C\[C@@H](C)C(O)c1ccc(N(C)C)cc1. The van der Waals surface area contributed by atoms with Gasteiger partial charge in [-0.1, -0.05) is 36.8 Å². The van der Waals surface area contributed by atoms with Crippen molar-refractivity contribution in [1.29, 1.82) is 0 Å². The molecule has 2 atom stereocenters. The predicted molar refractivity (Wildman–Crippen MR) is 87.7 cm³/mol. The maximum Gasteiger partial charge on any atom is 0.267 e. The molecule has 0 radical (unpaired) electrons. The molecule has 0 bridgehead atoms. The second-order valence-electron chi connectivity index (χ2n) is 5.51. The molecule has 1 rings (SSSR count). The number of hydroxylamine groups is 1. The van der Waals surface area contributed by atoms with Gasteiger partial charge in [0.2, 0.25) is 0 Å². The minimum Gasteiger partial charge on any atom is -0.388 e. The van der Waals surface area contributed by atoms with Gasteiger partial charge in [-0.2, -0.15) is 0 Å². The molecule has 0 aliphatic heterocycles. The van der Waals surface area contributed by atoms with E-state index in [1.54, 1.807) is 6.08 Å². The van der Waals surface area contributed by atoms with Crippen LogP contribution in [0, 0.1) is 5.92 Å². The van der Waals surface area contributed by atoms with E-state index in [2.05, 4.69) is 0 Å². The molecule has 0 saturated carbocycles. The van der Waals surface area contributed by atoms with Crippen LogP contribution in [0.4, 0.5) is 5.69 Å². The van der Waals surface area contributed by atoms with Crippen molar-refractivity contribution in [2.45, 2.75) is 20.0 Å². The molecule has 1 amide bonds. The highest BCUT2D eigenvalue weighted by Crippen LogP contribution is 2.25. The van der Waals surface area contributed by atoms with Crippen LogP contribution in [0.3, 0.4) is 0 Å². The largest absolute Gasteiger partial charge is 0.388 e. The number of carbonyl (C=O) groups is 1. The van der Waals surface area contributed by atoms with Crippen LogP contribution in [0.1, 0.15) is 25.5 Å². The summed E-state index contributed by atoms with van der Waals surface area (Å²) in [6.45, 7) is 3.74. The van der Waals surface area contributed by atoms with Gasteiger partial charge < -0.3 is 10.0 Å². The minimum atomic E-state index is -0.619. The van der Waals surface area contributed by atoms with Gasteiger partial charge in [0.1, 0.15) is 0 Å². The zero-order valence-electron chi connectivity index (χ0n) is 13.4. The van der Waals surface area contributed by atoms with Crippen LogP contribution < -0.4 is 10.4 Å². The quantitative estimate of drug-likeness (QED) is 0.327. The molecule has 0 fully saturated rings. The third-order valence-corrected chi connectivity index (χ3v) is 3.38. The van der Waals surface area contributed by atoms with Crippen molar-refractivity contribution < 1.29 is 15.1 Å². The van der Waals surface area contributed by atoms with Gasteiger partial charge in [-0.05, 0) is 24.6 Å². The standard InChI is InChI=1S/C17H24N2O3/c1-12(5-10-16(20)18-22)11-13(2)17(21)14-6-8-15(9-7-14)19(3)4/h5-11,13,17,21-22H,1-4H3,(H,18,20)/b10-5+,12-11+/t13-,17?/m1/s1. The molecule has 5 nitrogen and oxygen atoms in total. The lowest BCUT2D eigenvalue weighted by atomic mass is 9.95. The summed E-state index contributed by atoms with van der Waals surface area (Å²) in [5, 5.41) is 18.8. The minimum absolute atomic E-state index is 0.105. The Balaban J connectivity index is 2.77. The van der Waals surface area contributed by atoms with E-state index in [1.807, 2.05) is 63.2 Å². The molecular weight excluding hydrogens is 280 g/mol. The number of rotatable bonds is 6. The molecule has 3 N–H and O–H groups in total. The van der Waals surface area contributed by atoms with Crippen molar-refractivity contribution in [2.24, 2.45) is 5.92 Å². The van der Waals surface area contributed by atoms with Gasteiger partial charge in [-0.25, -0.2) is 5.48 Å². The molecular formula is C17H24N2O3. The smallest absolute Gasteiger partial charge is 0.267 e. The molecule has 0 saturated heterocycles. The highest BCUT2D eigenvalue weighted by atomic mass is 16.5. The maximum absolute atomic E-state index is 10.9. The number of amides is 1. The van der Waals surface area contributed by atoms with E-state index in [-0.39, 0.29) is 5.92 Å². The van der Waals surface area contributed by atoms with Crippen molar-refractivity contribution >= 4 is 11.6 Å². The number of benzene rings is 1. The molecule has 1 unspecified atom stereocenters. The van der Waals surface area contributed by atoms with Crippen molar-refractivity contribution in [3.63, 3.8) is 0 Å². The van der Waals surface area contributed by atoms with E-state index in [0.29, 0.717) is 0 Å². The summed E-state index contributed by atoms with van der Waals surface area (Å²) < 4.78 is 0. The van der Waals surface area contributed by atoms with E-state index in [9.17, 15) is 9.90 Å². The Hall–Kier alpha value is -2.11. The number of anilines is 1. The molecule has 0 heterocycles. The Labute approximate surface area is 131 Å². The van der Waals surface area contributed by atoms with E-state index >= 15 is 0 Å². The number of aliphatic hydroxyl groups excluding tert-OH is 1. The fraction of sp³-hybridized carbons (Fsp3) is 0.353. The van der Waals surface area contributed by atoms with Gasteiger partial charge in [0.05, 0.1) is 6.10 Å². The van der Waals surface area contributed by atoms with Crippen molar-refractivity contribution in [3.8, 4) is 0 Å². The topological polar surface area (TPSA) is 72.8 Å². The zero-order valence-corrected chi connectivity index (χ0v) is 13.4. The Kier molecular flexibility index (Phi) is 6.82. The van der Waals surface area contributed by atoms with Gasteiger partial charge in [0, 0.05) is 31.8 Å². The molecule has 120 valence electrons. The van der Waals surface area contributed by atoms with Crippen LogP contribution in [0.5, 0.6) is 0 Å². The van der Waals surface area contributed by atoms with Crippen molar-refractivity contribution in [3.05, 3.63) is 53.6 Å². The molecule has 0 spiro atoms. The Bertz CT molecular complexity index is 548. The third-order valence-electron chi connectivity index (χ3n) is 3.38. The van der Waals surface area contributed by atoms with Gasteiger partial charge in [0.15, 0.2) is 0 Å². The first kappa shape index (κ1) is 17.9. The first-order chi connectivity index (χ1) is 10.3. The molecule has 0 aliphatic carbocycles. The van der Waals surface area contributed by atoms with Crippen LogP contribution in [0.2, 0.25) is 0 Å². The normalized spacial score (nSPS) is 14.7. The number of aliphatic hydroxyl groups is 1. The molecule has 22 heavy (non-hydrogen) atoms. The lowest BCUT2D eigenvalue weighted by Crippen LogP contribution is -2.15. The van der Waals surface area contributed by atoms with Crippen LogP contribution in [0.25, 0.3) is 0 Å². The number of nitrogens with zero attached hydrogens (tertiary/aromatic N) is 1. The lowest BCUT2D eigenvalue weighted by Gasteiger charge is -2.18. The van der Waals surface area contributed by atoms with Crippen LogP contribution in [0.15, 0.2) is 48.1 Å². The molecule has 0 aromatic heterocycles. The summed E-state index contributed by atoms with van der Waals surface area (Å²) in [5.41, 5.74) is 4.29. The second-order valence-corrected chi connectivity index (χ2v) is 5.51. The first-order valence-corrected chi connectivity index (χ1v) is 7.11. The number of allylic oxidation sites excluding steroid dienone is 2. The second kappa shape index (κ2) is 8.36. The fourth-order valence-electron chi connectivity index (χ4n) is 2.08. The zero-order chi connectivity index (χ0) is 16.7. The summed E-state index contributed by atoms with van der Waals surface area (Å²) in [4.78, 5) is 12.9. The van der Waals surface area contributed by atoms with Gasteiger partial charge in [0.25, 0.3) is 5.91 Å². The average molecular weight is 304 g/mol. The first-order valence-electron chi connectivity index (χ1n) is 7.11. The Morgan fingerprint density at radius 1 is 1.23 bits per heavy atom. The number of hydrogen-bond acceptors (Lipinski definition) is 4. The molecule has 5 heteroatoms. The highest BCUT2D eigenvalue weighted by molar-refractivity contribution is 5.86. The fourth-order valence-corrected chi connectivity index (χ4v) is 2.08. The molecule has 1 aromatic rings. The summed E-state index contributed by atoms with van der Waals surface area (Å²) in [7, 11) is 3.93. The lowest BCUT2D eigenvalue weighted by molar-refractivity contribution is -0.124. The van der Waals surface area contributed by atoms with Gasteiger partial charge >= 0.3 is 0 Å². The van der Waals surface area contributed by atoms with Crippen molar-refractivity contribution in [2.75, 3.05) is 19.0 Å². The summed E-state index contributed by atoms with van der Waals surface area (Å²) >= 11 is 0. The van der Waals surface area contributed by atoms with E-state index in [0.717, 1.165) is 16.8 Å². The number of carbonyl (C=O) groups excluding carboxylic acids is 1. The van der Waals surface area contributed by atoms with Crippen LogP contribution in [-0.2, 0) is 4.79 Å². The monoisotopic (exact) mass is 304 g/mol. The van der Waals surface area contributed by atoms with Crippen LogP contribution >= 0.6 is 0 Å². The van der Waals surface area contributed by atoms with Crippen LogP contribution in [-0.4, -0.2) is 30.3 Å². The molecule has 1 aromatic carbocycles. The third kappa shape index (κ3) is 5.35. The van der Waals surface area contributed by atoms with Gasteiger partial charge in [-0.3, -0.25) is 10.0 Å². The summed E-state index contributed by atoms with van der Waals surface area (Å²) in [5.74, 6) is -0.688. The Morgan fingerprint density at radius 3 is 2.32 bits per heavy atom. The molecule has 0 aliphatic rings.